The first-order valence-corrected chi connectivity index (χ1v) is 7.01. The molecule has 0 amide bonds. The first-order valence-electron chi connectivity index (χ1n) is 7.01. The van der Waals surface area contributed by atoms with Gasteiger partial charge in [-0.1, -0.05) is 31.2 Å². The maximum atomic E-state index is 4.46. The lowest BCUT2D eigenvalue weighted by Crippen LogP contribution is -2.18. The van der Waals surface area contributed by atoms with Gasteiger partial charge in [0.25, 0.3) is 0 Å². The molecule has 0 aliphatic rings. The van der Waals surface area contributed by atoms with E-state index in [2.05, 4.69) is 61.6 Å². The minimum atomic E-state index is 0.366. The van der Waals surface area contributed by atoms with E-state index in [9.17, 15) is 0 Å². The largest absolute Gasteiger partial charge is 0.310 e. The quantitative estimate of drug-likeness (QED) is 0.860. The molecule has 0 fully saturated rings. The van der Waals surface area contributed by atoms with E-state index in [1.165, 1.54) is 16.7 Å². The fourth-order valence-corrected chi connectivity index (χ4v) is 2.13. The van der Waals surface area contributed by atoms with Crippen LogP contribution in [0.15, 0.2) is 36.7 Å². The van der Waals surface area contributed by atoms with E-state index in [1.54, 1.807) is 0 Å². The van der Waals surface area contributed by atoms with Gasteiger partial charge in [-0.3, -0.25) is 4.68 Å². The zero-order valence-electron chi connectivity index (χ0n) is 12.1. The molecule has 1 N–H and O–H groups in total. The van der Waals surface area contributed by atoms with Crippen LogP contribution in [0.2, 0.25) is 0 Å². The first kappa shape index (κ1) is 13.8. The number of rotatable bonds is 6. The van der Waals surface area contributed by atoms with Crippen molar-refractivity contribution < 1.29 is 0 Å². The van der Waals surface area contributed by atoms with E-state index < -0.39 is 0 Å². The standard InChI is InChI=1S/C16H23N3/c1-4-9-17-14(3)16-10-18-19(12-16)11-15-8-6-5-7-13(15)2/h5-8,10,12,14,17H,4,9,11H2,1-3H3. The topological polar surface area (TPSA) is 29.9 Å². The zero-order valence-corrected chi connectivity index (χ0v) is 12.1. The van der Waals surface area contributed by atoms with Crippen molar-refractivity contribution in [2.24, 2.45) is 0 Å². The maximum Gasteiger partial charge on any atom is 0.0662 e. The Hall–Kier alpha value is -1.61. The Morgan fingerprint density at radius 1 is 1.32 bits per heavy atom. The molecule has 2 aromatic rings. The van der Waals surface area contributed by atoms with Gasteiger partial charge in [-0.05, 0) is 37.9 Å². The zero-order chi connectivity index (χ0) is 13.7. The van der Waals surface area contributed by atoms with Gasteiger partial charge in [0.05, 0.1) is 12.7 Å². The van der Waals surface area contributed by atoms with Crippen molar-refractivity contribution in [3.63, 3.8) is 0 Å². The summed E-state index contributed by atoms with van der Waals surface area (Å²) in [4.78, 5) is 0. The third-order valence-electron chi connectivity index (χ3n) is 3.45. The van der Waals surface area contributed by atoms with Crippen LogP contribution in [0.3, 0.4) is 0 Å². The molecule has 0 saturated carbocycles. The molecule has 1 heterocycles. The van der Waals surface area contributed by atoms with E-state index in [0.29, 0.717) is 6.04 Å². The second-order valence-corrected chi connectivity index (χ2v) is 5.07. The molecule has 3 heteroatoms. The Morgan fingerprint density at radius 2 is 2.11 bits per heavy atom. The molecule has 0 saturated heterocycles. The molecule has 0 bridgehead atoms. The predicted molar refractivity (Wildman–Crippen MR) is 79.2 cm³/mol. The molecule has 1 aromatic heterocycles. The molecule has 1 unspecified atom stereocenters. The minimum Gasteiger partial charge on any atom is -0.310 e. The van der Waals surface area contributed by atoms with E-state index in [4.69, 9.17) is 0 Å². The van der Waals surface area contributed by atoms with Gasteiger partial charge < -0.3 is 5.32 Å². The van der Waals surface area contributed by atoms with E-state index in [1.807, 2.05) is 10.9 Å². The summed E-state index contributed by atoms with van der Waals surface area (Å²) < 4.78 is 2.02. The van der Waals surface area contributed by atoms with Gasteiger partial charge in [0, 0.05) is 17.8 Å². The van der Waals surface area contributed by atoms with Crippen LogP contribution in [-0.2, 0) is 6.54 Å². The monoisotopic (exact) mass is 257 g/mol. The lowest BCUT2D eigenvalue weighted by atomic mass is 10.1. The van der Waals surface area contributed by atoms with Crippen LogP contribution in [0, 0.1) is 6.92 Å². The molecule has 0 aliphatic heterocycles. The number of aromatic nitrogens is 2. The lowest BCUT2D eigenvalue weighted by Gasteiger charge is -2.10. The summed E-state index contributed by atoms with van der Waals surface area (Å²) >= 11 is 0. The lowest BCUT2D eigenvalue weighted by molar-refractivity contribution is 0.569. The molecule has 3 nitrogen and oxygen atoms in total. The summed E-state index contributed by atoms with van der Waals surface area (Å²) in [6.45, 7) is 8.40. The highest BCUT2D eigenvalue weighted by Crippen LogP contribution is 2.13. The minimum absolute atomic E-state index is 0.366. The van der Waals surface area contributed by atoms with Gasteiger partial charge in [0.2, 0.25) is 0 Å². The Kier molecular flexibility index (Phi) is 4.74. The van der Waals surface area contributed by atoms with Crippen LogP contribution in [0.1, 0.15) is 43.0 Å². The number of hydrogen-bond acceptors (Lipinski definition) is 2. The van der Waals surface area contributed by atoms with Gasteiger partial charge >= 0.3 is 0 Å². The maximum absolute atomic E-state index is 4.46. The first-order chi connectivity index (χ1) is 9.20. The smallest absolute Gasteiger partial charge is 0.0662 e. The third-order valence-corrected chi connectivity index (χ3v) is 3.45. The molecule has 1 atom stereocenters. The van der Waals surface area contributed by atoms with Gasteiger partial charge in [-0.15, -0.1) is 0 Å². The highest BCUT2D eigenvalue weighted by molar-refractivity contribution is 5.25. The van der Waals surface area contributed by atoms with E-state index in [0.717, 1.165) is 19.5 Å². The van der Waals surface area contributed by atoms with Crippen molar-refractivity contribution in [3.05, 3.63) is 53.3 Å². The molecule has 1 aromatic carbocycles. The SMILES string of the molecule is CCCNC(C)c1cnn(Cc2ccccc2C)c1. The summed E-state index contributed by atoms with van der Waals surface area (Å²) in [5.41, 5.74) is 3.89. The Morgan fingerprint density at radius 3 is 2.84 bits per heavy atom. The van der Waals surface area contributed by atoms with E-state index >= 15 is 0 Å². The third kappa shape index (κ3) is 3.67. The van der Waals surface area contributed by atoms with Gasteiger partial charge in [-0.25, -0.2) is 0 Å². The van der Waals surface area contributed by atoms with Gasteiger partial charge in [0.15, 0.2) is 0 Å². The molecule has 102 valence electrons. The summed E-state index contributed by atoms with van der Waals surface area (Å²) in [7, 11) is 0. The van der Waals surface area contributed by atoms with Crippen LogP contribution >= 0.6 is 0 Å². The Bertz CT molecular complexity index is 516. The summed E-state index contributed by atoms with van der Waals surface area (Å²) in [6.07, 6.45) is 5.26. The fraction of sp³-hybridized carbons (Fsp3) is 0.438. The Balaban J connectivity index is 2.03. The van der Waals surface area contributed by atoms with Gasteiger partial charge in [0.1, 0.15) is 0 Å². The normalized spacial score (nSPS) is 12.6. The molecule has 0 aliphatic carbocycles. The van der Waals surface area contributed by atoms with Crippen molar-refractivity contribution >= 4 is 0 Å². The van der Waals surface area contributed by atoms with Crippen LogP contribution in [0.4, 0.5) is 0 Å². The Labute approximate surface area is 115 Å². The molecule has 0 radical (unpaired) electrons. The van der Waals surface area contributed by atoms with Crippen molar-refractivity contribution in [3.8, 4) is 0 Å². The second kappa shape index (κ2) is 6.53. The van der Waals surface area contributed by atoms with Crippen molar-refractivity contribution in [1.29, 1.82) is 0 Å². The van der Waals surface area contributed by atoms with Gasteiger partial charge in [-0.2, -0.15) is 5.10 Å². The molecule has 0 spiro atoms. The number of aryl methyl sites for hydroxylation is 1. The fourth-order valence-electron chi connectivity index (χ4n) is 2.13. The molecular weight excluding hydrogens is 234 g/mol. The summed E-state index contributed by atoms with van der Waals surface area (Å²) in [5, 5.41) is 7.94. The van der Waals surface area contributed by atoms with Crippen molar-refractivity contribution in [1.82, 2.24) is 15.1 Å². The molecule has 19 heavy (non-hydrogen) atoms. The summed E-state index contributed by atoms with van der Waals surface area (Å²) in [5.74, 6) is 0. The average Bonchev–Trinajstić information content (AvgIpc) is 2.87. The van der Waals surface area contributed by atoms with Crippen LogP contribution in [-0.4, -0.2) is 16.3 Å². The second-order valence-electron chi connectivity index (χ2n) is 5.07. The highest BCUT2D eigenvalue weighted by atomic mass is 15.3. The number of nitrogens with one attached hydrogen (secondary N) is 1. The van der Waals surface area contributed by atoms with Crippen LogP contribution in [0.5, 0.6) is 0 Å². The predicted octanol–water partition coefficient (Wildman–Crippen LogP) is 3.30. The van der Waals surface area contributed by atoms with Crippen LogP contribution < -0.4 is 5.32 Å². The average molecular weight is 257 g/mol. The number of hydrogen-bond donors (Lipinski definition) is 1. The van der Waals surface area contributed by atoms with Crippen molar-refractivity contribution in [2.75, 3.05) is 6.54 Å². The van der Waals surface area contributed by atoms with Crippen LogP contribution in [0.25, 0.3) is 0 Å². The van der Waals surface area contributed by atoms with Crippen molar-refractivity contribution in [2.45, 2.75) is 39.8 Å². The molecular formula is C16H23N3. The number of benzene rings is 1. The highest BCUT2D eigenvalue weighted by Gasteiger charge is 2.07. The molecule has 2 rings (SSSR count). The number of nitrogens with zero attached hydrogens (tertiary/aromatic N) is 2. The van der Waals surface area contributed by atoms with E-state index in [-0.39, 0.29) is 0 Å². The summed E-state index contributed by atoms with van der Waals surface area (Å²) in [6, 6.07) is 8.83.